The topological polar surface area (TPSA) is 71.4 Å². The van der Waals surface area contributed by atoms with Gasteiger partial charge in [0.15, 0.2) is 5.78 Å². The molecular weight excluding hydrogens is 462 g/mol. The standard InChI is InChI=1S/C31H31N3O3/c1-6-24(17-23-19-33(5)29-14-9-8-12-25(23)29)32-18-22-11-10-13-26-27(7-2)34(31(37)30(22)26)28(21(4)36)16-15-20(3)35/h8-14,19,28,32H,1-2,15-18H2,3-5H3. The predicted molar refractivity (Wildman–Crippen MR) is 146 cm³/mol. The third-order valence-electron chi connectivity index (χ3n) is 6.85. The summed E-state index contributed by atoms with van der Waals surface area (Å²) in [5, 5.41) is 4.58. The van der Waals surface area contributed by atoms with E-state index in [1.54, 1.807) is 0 Å². The second kappa shape index (κ2) is 10.7. The molecule has 1 atom stereocenters. The molecule has 0 radical (unpaired) electrons. The van der Waals surface area contributed by atoms with Crippen molar-refractivity contribution in [2.75, 3.05) is 0 Å². The van der Waals surface area contributed by atoms with Crippen LogP contribution in [0.1, 0.15) is 53.7 Å². The van der Waals surface area contributed by atoms with E-state index in [0.717, 1.165) is 22.3 Å². The van der Waals surface area contributed by atoms with Gasteiger partial charge in [0.1, 0.15) is 5.78 Å². The minimum absolute atomic E-state index is 0.0284. The van der Waals surface area contributed by atoms with Crippen LogP contribution in [0.3, 0.4) is 0 Å². The van der Waals surface area contributed by atoms with Crippen molar-refractivity contribution < 1.29 is 14.4 Å². The third kappa shape index (κ3) is 4.99. The molecule has 0 saturated heterocycles. The number of allylic oxidation sites excluding steroid dienone is 1. The van der Waals surface area contributed by atoms with E-state index in [1.807, 2.05) is 37.4 Å². The van der Waals surface area contributed by atoms with E-state index >= 15 is 0 Å². The van der Waals surface area contributed by atoms with Crippen LogP contribution in [0.5, 0.6) is 0 Å². The maximum atomic E-state index is 13.7. The van der Waals surface area contributed by atoms with Gasteiger partial charge in [-0.05, 0) is 37.5 Å². The molecule has 6 heteroatoms. The number of benzene rings is 2. The van der Waals surface area contributed by atoms with Crippen LogP contribution in [0.15, 0.2) is 79.0 Å². The number of nitrogens with zero attached hydrogens (tertiary/aromatic N) is 2. The van der Waals surface area contributed by atoms with Crippen LogP contribution in [0, 0.1) is 0 Å². The fraction of sp³-hybridized carbons (Fsp3) is 0.258. The molecule has 1 aliphatic heterocycles. The van der Waals surface area contributed by atoms with Gasteiger partial charge >= 0.3 is 0 Å². The van der Waals surface area contributed by atoms with E-state index < -0.39 is 6.04 Å². The fourth-order valence-electron chi connectivity index (χ4n) is 5.03. The Hall–Kier alpha value is -4.37. The SMILES string of the molecule is C=C=C(Cc1cn(C)c2ccccc12)NCc1cccc2c1C(=O)N(C(CCC(C)=O)C(C)=O)C2=C=C. The first-order valence-electron chi connectivity index (χ1n) is 12.3. The monoisotopic (exact) mass is 493 g/mol. The molecule has 0 bridgehead atoms. The lowest BCUT2D eigenvalue weighted by atomic mass is 10.0. The predicted octanol–water partition coefficient (Wildman–Crippen LogP) is 5.09. The maximum absolute atomic E-state index is 13.7. The van der Waals surface area contributed by atoms with Gasteiger partial charge in [-0.3, -0.25) is 14.5 Å². The molecule has 4 rings (SSSR count). The molecule has 2 aromatic carbocycles. The fourth-order valence-corrected chi connectivity index (χ4v) is 5.03. The summed E-state index contributed by atoms with van der Waals surface area (Å²) < 4.78 is 2.10. The van der Waals surface area contributed by atoms with Gasteiger partial charge in [0.25, 0.3) is 5.91 Å². The van der Waals surface area contributed by atoms with E-state index in [9.17, 15) is 14.4 Å². The Kier molecular flexibility index (Phi) is 7.45. The zero-order valence-electron chi connectivity index (χ0n) is 21.6. The largest absolute Gasteiger partial charge is 0.378 e. The summed E-state index contributed by atoms with van der Waals surface area (Å²) >= 11 is 0. The number of carbonyl (C=O) groups excluding carboxylic acids is 3. The van der Waals surface area contributed by atoms with Gasteiger partial charge in [-0.1, -0.05) is 49.6 Å². The van der Waals surface area contributed by atoms with E-state index in [2.05, 4.69) is 52.8 Å². The van der Waals surface area contributed by atoms with Crippen molar-refractivity contribution in [1.82, 2.24) is 14.8 Å². The molecule has 6 nitrogen and oxygen atoms in total. The minimum atomic E-state index is -0.746. The number of para-hydroxylation sites is 1. The second-order valence-electron chi connectivity index (χ2n) is 9.38. The number of ketones is 2. The van der Waals surface area contributed by atoms with Crippen LogP contribution in [-0.2, 0) is 29.6 Å². The Morgan fingerprint density at radius 1 is 1.05 bits per heavy atom. The molecule has 0 spiro atoms. The molecule has 3 aromatic rings. The van der Waals surface area contributed by atoms with E-state index in [4.69, 9.17) is 0 Å². The molecule has 2 heterocycles. The molecule has 0 saturated carbocycles. The highest BCUT2D eigenvalue weighted by Crippen LogP contribution is 2.37. The molecule has 0 fully saturated rings. The molecule has 188 valence electrons. The van der Waals surface area contributed by atoms with Crippen molar-refractivity contribution in [3.8, 4) is 0 Å². The number of hydrogen-bond acceptors (Lipinski definition) is 4. The summed E-state index contributed by atoms with van der Waals surface area (Å²) in [6.45, 7) is 11.0. The summed E-state index contributed by atoms with van der Waals surface area (Å²) in [5.74, 6) is -0.485. The number of carbonyl (C=O) groups is 3. The molecule has 1 aromatic heterocycles. The molecular formula is C31H31N3O3. The van der Waals surface area contributed by atoms with Gasteiger partial charge in [-0.2, -0.15) is 0 Å². The van der Waals surface area contributed by atoms with Gasteiger partial charge < -0.3 is 14.7 Å². The minimum Gasteiger partial charge on any atom is -0.378 e. The average Bonchev–Trinajstić information content (AvgIpc) is 3.35. The number of aromatic nitrogens is 1. The Balaban J connectivity index is 1.59. The van der Waals surface area contributed by atoms with Crippen LogP contribution in [0.2, 0.25) is 0 Å². The normalized spacial score (nSPS) is 13.2. The Labute approximate surface area is 217 Å². The second-order valence-corrected chi connectivity index (χ2v) is 9.38. The van der Waals surface area contributed by atoms with Gasteiger partial charge in [-0.25, -0.2) is 0 Å². The molecule has 37 heavy (non-hydrogen) atoms. The first-order valence-corrected chi connectivity index (χ1v) is 12.3. The number of aryl methyl sites for hydroxylation is 1. The quantitative estimate of drug-likeness (QED) is 0.400. The lowest BCUT2D eigenvalue weighted by molar-refractivity contribution is -0.121. The van der Waals surface area contributed by atoms with Crippen LogP contribution < -0.4 is 5.32 Å². The van der Waals surface area contributed by atoms with Crippen LogP contribution in [-0.4, -0.2) is 33.0 Å². The highest BCUT2D eigenvalue weighted by molar-refractivity contribution is 6.12. The van der Waals surface area contributed by atoms with Crippen molar-refractivity contribution in [2.24, 2.45) is 7.05 Å². The number of amides is 1. The number of hydrogen-bond donors (Lipinski definition) is 1. The molecule has 0 aliphatic carbocycles. The highest BCUT2D eigenvalue weighted by Gasteiger charge is 2.40. The number of fused-ring (bicyclic) bond motifs is 2. The smallest absolute Gasteiger partial charge is 0.260 e. The van der Waals surface area contributed by atoms with Gasteiger partial charge in [-0.15, -0.1) is 11.5 Å². The number of Topliss-reactive ketones (excluding diaryl/α,β-unsaturated/α-hetero) is 2. The number of nitrogens with one attached hydrogen (secondary N) is 1. The zero-order valence-corrected chi connectivity index (χ0v) is 21.6. The Morgan fingerprint density at radius 3 is 2.49 bits per heavy atom. The number of rotatable bonds is 10. The summed E-state index contributed by atoms with van der Waals surface area (Å²) in [7, 11) is 2.02. The van der Waals surface area contributed by atoms with Crippen molar-refractivity contribution >= 4 is 34.1 Å². The van der Waals surface area contributed by atoms with Crippen LogP contribution >= 0.6 is 0 Å². The first-order chi connectivity index (χ1) is 17.8. The Morgan fingerprint density at radius 2 is 1.81 bits per heavy atom. The molecule has 1 unspecified atom stereocenters. The van der Waals surface area contributed by atoms with E-state index in [0.29, 0.717) is 29.8 Å². The average molecular weight is 494 g/mol. The van der Waals surface area contributed by atoms with Crippen molar-refractivity contribution in [3.63, 3.8) is 0 Å². The zero-order chi connectivity index (χ0) is 26.7. The lowest BCUT2D eigenvalue weighted by Crippen LogP contribution is -2.40. The lowest BCUT2D eigenvalue weighted by Gasteiger charge is -2.26. The van der Waals surface area contributed by atoms with Crippen LogP contribution in [0.25, 0.3) is 16.6 Å². The maximum Gasteiger partial charge on any atom is 0.260 e. The molecule has 1 N–H and O–H groups in total. The van der Waals surface area contributed by atoms with Gasteiger partial charge in [0, 0.05) is 49.1 Å². The van der Waals surface area contributed by atoms with Crippen molar-refractivity contribution in [3.05, 3.63) is 101 Å². The van der Waals surface area contributed by atoms with Gasteiger partial charge in [0.05, 0.1) is 23.0 Å². The van der Waals surface area contributed by atoms with E-state index in [1.165, 1.54) is 24.1 Å². The summed E-state index contributed by atoms with van der Waals surface area (Å²) in [5.41, 5.74) is 11.5. The van der Waals surface area contributed by atoms with Crippen molar-refractivity contribution in [2.45, 2.75) is 45.7 Å². The first kappa shape index (κ1) is 25.7. The van der Waals surface area contributed by atoms with Gasteiger partial charge in [0.2, 0.25) is 0 Å². The summed E-state index contributed by atoms with van der Waals surface area (Å²) in [6, 6.07) is 13.1. The van der Waals surface area contributed by atoms with E-state index in [-0.39, 0.29) is 30.3 Å². The summed E-state index contributed by atoms with van der Waals surface area (Å²) in [6.07, 6.45) is 3.20. The van der Waals surface area contributed by atoms with Crippen molar-refractivity contribution in [1.29, 1.82) is 0 Å². The molecule has 1 amide bonds. The Bertz CT molecular complexity index is 1510. The van der Waals surface area contributed by atoms with Crippen LogP contribution in [0.4, 0.5) is 0 Å². The summed E-state index contributed by atoms with van der Waals surface area (Å²) in [4.78, 5) is 39.2. The highest BCUT2D eigenvalue weighted by atomic mass is 16.2. The molecule has 1 aliphatic rings. The third-order valence-corrected chi connectivity index (χ3v) is 6.85.